The molecule has 1 heterocycles. The van der Waals surface area contributed by atoms with Crippen LogP contribution < -0.4 is 5.32 Å². The maximum absolute atomic E-state index is 11.9. The Balaban J connectivity index is 2.10. The first-order chi connectivity index (χ1) is 8.87. The van der Waals surface area contributed by atoms with Gasteiger partial charge in [0.05, 0.1) is 5.69 Å². The van der Waals surface area contributed by atoms with Gasteiger partial charge in [-0.3, -0.25) is 5.32 Å². The summed E-state index contributed by atoms with van der Waals surface area (Å²) < 4.78 is 5.32. The number of hydrogen-bond donors (Lipinski definition) is 1. The number of aryl methyl sites for hydroxylation is 1. The molecule has 2 rings (SSSR count). The van der Waals surface area contributed by atoms with E-state index in [0.29, 0.717) is 5.92 Å². The minimum atomic E-state index is -0.456. The zero-order valence-electron chi connectivity index (χ0n) is 12.2. The highest BCUT2D eigenvalue weighted by Crippen LogP contribution is 2.42. The first kappa shape index (κ1) is 14.4. The van der Waals surface area contributed by atoms with Gasteiger partial charge in [-0.25, -0.2) is 4.79 Å². The molecule has 1 N–H and O–H groups in total. The zero-order chi connectivity index (χ0) is 14.0. The van der Waals surface area contributed by atoms with Gasteiger partial charge >= 0.3 is 6.09 Å². The molecular weight excluding hydrogens is 258 g/mol. The maximum atomic E-state index is 11.9. The van der Waals surface area contributed by atoms with E-state index >= 15 is 0 Å². The minimum Gasteiger partial charge on any atom is -0.444 e. The molecule has 1 aliphatic carbocycles. The number of rotatable bonds is 2. The van der Waals surface area contributed by atoms with Crippen molar-refractivity contribution < 1.29 is 9.53 Å². The van der Waals surface area contributed by atoms with Crippen molar-refractivity contribution in [2.45, 2.75) is 64.9 Å². The summed E-state index contributed by atoms with van der Waals surface area (Å²) in [5.41, 5.74) is 1.82. The van der Waals surface area contributed by atoms with Crippen LogP contribution in [0.1, 0.15) is 62.8 Å². The molecule has 1 aromatic rings. The molecule has 1 aromatic heterocycles. The van der Waals surface area contributed by atoms with Gasteiger partial charge < -0.3 is 4.74 Å². The van der Waals surface area contributed by atoms with Crippen LogP contribution in [0.2, 0.25) is 0 Å². The summed E-state index contributed by atoms with van der Waals surface area (Å²) in [7, 11) is 0. The van der Waals surface area contributed by atoms with Crippen LogP contribution in [0.25, 0.3) is 0 Å². The Morgan fingerprint density at radius 2 is 2.00 bits per heavy atom. The van der Waals surface area contributed by atoms with E-state index < -0.39 is 5.60 Å². The molecule has 19 heavy (non-hydrogen) atoms. The number of thiophene rings is 1. The Bertz CT molecular complexity index is 453. The highest BCUT2D eigenvalue weighted by molar-refractivity contribution is 7.10. The van der Waals surface area contributed by atoms with Crippen molar-refractivity contribution in [1.82, 2.24) is 0 Å². The van der Waals surface area contributed by atoms with Gasteiger partial charge in [0.15, 0.2) is 0 Å². The Hall–Kier alpha value is -1.03. The van der Waals surface area contributed by atoms with Crippen LogP contribution in [-0.2, 0) is 4.74 Å². The molecule has 1 aliphatic rings. The Morgan fingerprint density at radius 3 is 2.58 bits per heavy atom. The second kappa shape index (κ2) is 5.53. The molecule has 3 nitrogen and oxygen atoms in total. The third-order valence-electron chi connectivity index (χ3n) is 3.42. The average Bonchev–Trinajstić information content (AvgIpc) is 2.85. The molecule has 0 saturated heterocycles. The van der Waals surface area contributed by atoms with E-state index in [-0.39, 0.29) is 6.09 Å². The molecule has 0 aliphatic heterocycles. The van der Waals surface area contributed by atoms with E-state index in [4.69, 9.17) is 4.74 Å². The molecule has 0 unspecified atom stereocenters. The van der Waals surface area contributed by atoms with Crippen molar-refractivity contribution in [3.8, 4) is 0 Å². The monoisotopic (exact) mass is 281 g/mol. The van der Waals surface area contributed by atoms with Crippen molar-refractivity contribution in [2.24, 2.45) is 0 Å². The van der Waals surface area contributed by atoms with Crippen LogP contribution in [0.4, 0.5) is 10.5 Å². The highest BCUT2D eigenvalue weighted by Gasteiger charge is 2.25. The number of ether oxygens (including phenoxy) is 1. The molecule has 0 spiro atoms. The Labute approximate surface area is 119 Å². The van der Waals surface area contributed by atoms with Crippen LogP contribution in [0.3, 0.4) is 0 Å². The lowest BCUT2D eigenvalue weighted by molar-refractivity contribution is 0.0636. The van der Waals surface area contributed by atoms with E-state index in [1.807, 2.05) is 26.2 Å². The van der Waals surface area contributed by atoms with Gasteiger partial charge in [-0.15, -0.1) is 11.3 Å². The second-order valence-electron chi connectivity index (χ2n) is 6.23. The molecule has 106 valence electrons. The van der Waals surface area contributed by atoms with Gasteiger partial charge in [-0.05, 0) is 52.0 Å². The molecule has 1 amide bonds. The normalized spacial score (nSPS) is 16.6. The van der Waals surface area contributed by atoms with Crippen molar-refractivity contribution >= 4 is 23.1 Å². The SMILES string of the molecule is Cc1scc(NC(=O)OC(C)(C)C)c1C1CCCC1. The van der Waals surface area contributed by atoms with Crippen LogP contribution in [-0.4, -0.2) is 11.7 Å². The van der Waals surface area contributed by atoms with Crippen LogP contribution in [0.5, 0.6) is 0 Å². The number of carbonyl (C=O) groups excluding carboxylic acids is 1. The summed E-state index contributed by atoms with van der Waals surface area (Å²) in [4.78, 5) is 13.2. The van der Waals surface area contributed by atoms with Gasteiger partial charge in [0.1, 0.15) is 5.60 Å². The summed E-state index contributed by atoms with van der Waals surface area (Å²) in [6.45, 7) is 7.77. The Kier molecular flexibility index (Phi) is 4.19. The van der Waals surface area contributed by atoms with Gasteiger partial charge in [-0.1, -0.05) is 12.8 Å². The number of nitrogens with one attached hydrogen (secondary N) is 1. The van der Waals surface area contributed by atoms with Crippen LogP contribution >= 0.6 is 11.3 Å². The lowest BCUT2D eigenvalue weighted by atomic mass is 9.97. The van der Waals surface area contributed by atoms with Crippen molar-refractivity contribution in [2.75, 3.05) is 5.32 Å². The first-order valence-electron chi connectivity index (χ1n) is 6.95. The lowest BCUT2D eigenvalue weighted by Gasteiger charge is -2.20. The summed E-state index contributed by atoms with van der Waals surface area (Å²) in [6.07, 6.45) is 4.71. The number of anilines is 1. The zero-order valence-corrected chi connectivity index (χ0v) is 13.0. The second-order valence-corrected chi connectivity index (χ2v) is 7.31. The van der Waals surface area contributed by atoms with Gasteiger partial charge in [0, 0.05) is 10.3 Å². The van der Waals surface area contributed by atoms with Gasteiger partial charge in [0.25, 0.3) is 0 Å². The van der Waals surface area contributed by atoms with E-state index in [9.17, 15) is 4.79 Å². The predicted molar refractivity (Wildman–Crippen MR) is 80.1 cm³/mol. The molecule has 1 fully saturated rings. The van der Waals surface area contributed by atoms with E-state index in [0.717, 1.165) is 5.69 Å². The standard InChI is InChI=1S/C15H23NO2S/c1-10-13(11-7-5-6-8-11)12(9-19-10)16-14(17)18-15(2,3)4/h9,11H,5-8H2,1-4H3,(H,16,17). The summed E-state index contributed by atoms with van der Waals surface area (Å²) in [6, 6.07) is 0. The summed E-state index contributed by atoms with van der Waals surface area (Å²) in [5.74, 6) is 0.608. The Morgan fingerprint density at radius 1 is 1.37 bits per heavy atom. The van der Waals surface area contributed by atoms with Crippen LogP contribution in [0.15, 0.2) is 5.38 Å². The van der Waals surface area contributed by atoms with Gasteiger partial charge in [-0.2, -0.15) is 0 Å². The number of hydrogen-bond acceptors (Lipinski definition) is 3. The smallest absolute Gasteiger partial charge is 0.412 e. The van der Waals surface area contributed by atoms with Crippen LogP contribution in [0, 0.1) is 6.92 Å². The predicted octanol–water partition coefficient (Wildman–Crippen LogP) is 5.06. The molecule has 0 bridgehead atoms. The first-order valence-corrected chi connectivity index (χ1v) is 7.83. The number of carbonyl (C=O) groups is 1. The number of amides is 1. The summed E-state index contributed by atoms with van der Waals surface area (Å²) >= 11 is 1.71. The molecule has 1 saturated carbocycles. The fraction of sp³-hybridized carbons (Fsp3) is 0.667. The molecule has 0 aromatic carbocycles. The van der Waals surface area contributed by atoms with E-state index in [1.165, 1.54) is 36.1 Å². The minimum absolute atomic E-state index is 0.357. The van der Waals surface area contributed by atoms with Crippen molar-refractivity contribution in [3.05, 3.63) is 15.8 Å². The lowest BCUT2D eigenvalue weighted by Crippen LogP contribution is -2.27. The fourth-order valence-corrected chi connectivity index (χ4v) is 3.58. The summed E-state index contributed by atoms with van der Waals surface area (Å²) in [5, 5.41) is 4.95. The third kappa shape index (κ3) is 3.72. The largest absolute Gasteiger partial charge is 0.444 e. The molecule has 0 atom stereocenters. The quantitative estimate of drug-likeness (QED) is 0.822. The molecule has 0 radical (unpaired) electrons. The highest BCUT2D eigenvalue weighted by atomic mass is 32.1. The molecular formula is C15H23NO2S. The van der Waals surface area contributed by atoms with E-state index in [2.05, 4.69) is 12.2 Å². The van der Waals surface area contributed by atoms with Gasteiger partial charge in [0.2, 0.25) is 0 Å². The van der Waals surface area contributed by atoms with Crippen molar-refractivity contribution in [3.63, 3.8) is 0 Å². The van der Waals surface area contributed by atoms with E-state index in [1.54, 1.807) is 11.3 Å². The topological polar surface area (TPSA) is 38.3 Å². The van der Waals surface area contributed by atoms with Crippen molar-refractivity contribution in [1.29, 1.82) is 0 Å². The maximum Gasteiger partial charge on any atom is 0.412 e. The average molecular weight is 281 g/mol. The molecule has 4 heteroatoms. The fourth-order valence-electron chi connectivity index (χ4n) is 2.70. The third-order valence-corrected chi connectivity index (χ3v) is 4.35.